The Kier molecular flexibility index (Phi) is 4.76. The Bertz CT molecular complexity index is 445. The first-order valence-corrected chi connectivity index (χ1v) is 7.25. The first kappa shape index (κ1) is 15.0. The average Bonchev–Trinajstić information content (AvgIpc) is 2.38. The number of ether oxygens (including phenoxy) is 3. The summed E-state index contributed by atoms with van der Waals surface area (Å²) in [6.45, 7) is 7.69. The van der Waals surface area contributed by atoms with Crippen molar-refractivity contribution in [2.45, 2.75) is 45.3 Å². The van der Waals surface area contributed by atoms with Crippen molar-refractivity contribution in [2.75, 3.05) is 25.6 Å². The van der Waals surface area contributed by atoms with E-state index in [1.807, 2.05) is 25.1 Å². The molecule has 0 aromatic heterocycles. The highest BCUT2D eigenvalue weighted by Crippen LogP contribution is 2.32. The summed E-state index contributed by atoms with van der Waals surface area (Å²) >= 11 is 0. The van der Waals surface area contributed by atoms with E-state index in [0.717, 1.165) is 36.6 Å². The van der Waals surface area contributed by atoms with Crippen molar-refractivity contribution in [1.29, 1.82) is 0 Å². The molecule has 1 aromatic carbocycles. The predicted octanol–water partition coefficient (Wildman–Crippen LogP) is 3.46. The van der Waals surface area contributed by atoms with E-state index in [4.69, 9.17) is 14.2 Å². The van der Waals surface area contributed by atoms with Crippen LogP contribution in [0.3, 0.4) is 0 Å². The molecule has 0 bridgehead atoms. The van der Waals surface area contributed by atoms with E-state index in [9.17, 15) is 0 Å². The molecule has 0 aliphatic carbocycles. The zero-order valence-corrected chi connectivity index (χ0v) is 12.9. The van der Waals surface area contributed by atoms with Crippen molar-refractivity contribution >= 4 is 5.69 Å². The van der Waals surface area contributed by atoms with E-state index >= 15 is 0 Å². The summed E-state index contributed by atoms with van der Waals surface area (Å²) < 4.78 is 16.7. The van der Waals surface area contributed by atoms with Crippen molar-refractivity contribution in [3.05, 3.63) is 18.2 Å². The second-order valence-electron chi connectivity index (χ2n) is 5.74. The molecule has 20 heavy (non-hydrogen) atoms. The summed E-state index contributed by atoms with van der Waals surface area (Å²) in [7, 11) is 1.66. The Hall–Kier alpha value is -1.42. The zero-order valence-electron chi connectivity index (χ0n) is 12.9. The zero-order chi connectivity index (χ0) is 14.6. The molecule has 4 nitrogen and oxygen atoms in total. The van der Waals surface area contributed by atoms with Crippen LogP contribution in [-0.4, -0.2) is 32.0 Å². The van der Waals surface area contributed by atoms with Gasteiger partial charge < -0.3 is 19.5 Å². The van der Waals surface area contributed by atoms with Crippen LogP contribution in [0.4, 0.5) is 5.69 Å². The third-order valence-electron chi connectivity index (χ3n) is 3.53. The third-order valence-corrected chi connectivity index (χ3v) is 3.53. The van der Waals surface area contributed by atoms with Gasteiger partial charge in [-0.3, -0.25) is 0 Å². The van der Waals surface area contributed by atoms with E-state index in [1.165, 1.54) is 0 Å². The second-order valence-corrected chi connectivity index (χ2v) is 5.74. The molecule has 112 valence electrons. The molecule has 1 N–H and O–H groups in total. The van der Waals surface area contributed by atoms with Crippen LogP contribution < -0.4 is 14.8 Å². The Balaban J connectivity index is 2.07. The van der Waals surface area contributed by atoms with Gasteiger partial charge in [-0.1, -0.05) is 0 Å². The normalized spacial score (nSPS) is 21.3. The molecule has 0 saturated carbocycles. The van der Waals surface area contributed by atoms with Crippen LogP contribution in [0.15, 0.2) is 18.2 Å². The fraction of sp³-hybridized carbons (Fsp3) is 0.625. The number of methoxy groups -OCH3 is 1. The van der Waals surface area contributed by atoms with Gasteiger partial charge in [-0.15, -0.1) is 0 Å². The molecular formula is C16H25NO3. The van der Waals surface area contributed by atoms with Gasteiger partial charge in [-0.2, -0.15) is 0 Å². The summed E-state index contributed by atoms with van der Waals surface area (Å²) in [4.78, 5) is 0. The summed E-state index contributed by atoms with van der Waals surface area (Å²) in [6, 6.07) is 6.41. The number of nitrogens with one attached hydrogen (secondary N) is 1. The van der Waals surface area contributed by atoms with Gasteiger partial charge in [-0.05, 0) is 45.7 Å². The minimum absolute atomic E-state index is 0.0505. The van der Waals surface area contributed by atoms with Crippen molar-refractivity contribution in [3.63, 3.8) is 0 Å². The van der Waals surface area contributed by atoms with Crippen LogP contribution in [0.1, 0.15) is 33.6 Å². The lowest BCUT2D eigenvalue weighted by Crippen LogP contribution is -2.40. The molecule has 0 spiro atoms. The van der Waals surface area contributed by atoms with Gasteiger partial charge in [-0.25, -0.2) is 0 Å². The highest BCUT2D eigenvalue weighted by Gasteiger charge is 2.28. The fourth-order valence-electron chi connectivity index (χ4n) is 2.63. The van der Waals surface area contributed by atoms with E-state index in [0.29, 0.717) is 12.6 Å². The molecule has 1 aliphatic heterocycles. The van der Waals surface area contributed by atoms with E-state index in [-0.39, 0.29) is 5.60 Å². The SMILES string of the molecule is CCOc1cc(NC2CCOC(C)(C)C2)ccc1OC. The predicted molar refractivity (Wildman–Crippen MR) is 80.8 cm³/mol. The van der Waals surface area contributed by atoms with Crippen molar-refractivity contribution in [2.24, 2.45) is 0 Å². The highest BCUT2D eigenvalue weighted by molar-refractivity contribution is 5.55. The molecule has 1 unspecified atom stereocenters. The van der Waals surface area contributed by atoms with Gasteiger partial charge in [0.05, 0.1) is 19.3 Å². The summed E-state index contributed by atoms with van der Waals surface area (Å²) in [5, 5.41) is 3.57. The first-order valence-electron chi connectivity index (χ1n) is 7.25. The second kappa shape index (κ2) is 6.35. The Morgan fingerprint density at radius 1 is 1.35 bits per heavy atom. The lowest BCUT2D eigenvalue weighted by molar-refractivity contribution is -0.0553. The monoisotopic (exact) mass is 279 g/mol. The topological polar surface area (TPSA) is 39.7 Å². The van der Waals surface area contributed by atoms with Gasteiger partial charge in [0.1, 0.15) is 0 Å². The standard InChI is InChI=1S/C16H25NO3/c1-5-19-15-10-12(6-7-14(15)18-4)17-13-8-9-20-16(2,3)11-13/h6-7,10,13,17H,5,8-9,11H2,1-4H3. The minimum atomic E-state index is -0.0505. The number of hydrogen-bond donors (Lipinski definition) is 1. The van der Waals surface area contributed by atoms with Crippen LogP contribution in [0.25, 0.3) is 0 Å². The lowest BCUT2D eigenvalue weighted by Gasteiger charge is -2.36. The van der Waals surface area contributed by atoms with Crippen LogP contribution in [0.5, 0.6) is 11.5 Å². The van der Waals surface area contributed by atoms with Gasteiger partial charge in [0.2, 0.25) is 0 Å². The van der Waals surface area contributed by atoms with Crippen LogP contribution in [0.2, 0.25) is 0 Å². The largest absolute Gasteiger partial charge is 0.493 e. The summed E-state index contributed by atoms with van der Waals surface area (Å²) in [6.07, 6.45) is 2.03. The van der Waals surface area contributed by atoms with Gasteiger partial charge >= 0.3 is 0 Å². The van der Waals surface area contributed by atoms with Crippen molar-refractivity contribution < 1.29 is 14.2 Å². The summed E-state index contributed by atoms with van der Waals surface area (Å²) in [5.74, 6) is 1.55. The number of anilines is 1. The molecule has 1 heterocycles. The van der Waals surface area contributed by atoms with Crippen molar-refractivity contribution in [1.82, 2.24) is 0 Å². The maximum Gasteiger partial charge on any atom is 0.163 e. The quantitative estimate of drug-likeness (QED) is 0.896. The molecule has 1 fully saturated rings. The van der Waals surface area contributed by atoms with Crippen LogP contribution in [-0.2, 0) is 4.74 Å². The van der Waals surface area contributed by atoms with E-state index < -0.39 is 0 Å². The Morgan fingerprint density at radius 3 is 2.80 bits per heavy atom. The molecule has 1 aliphatic rings. The molecule has 1 atom stereocenters. The Morgan fingerprint density at radius 2 is 2.15 bits per heavy atom. The van der Waals surface area contributed by atoms with Gasteiger partial charge in [0, 0.05) is 24.4 Å². The molecule has 1 aromatic rings. The molecule has 0 amide bonds. The fourth-order valence-corrected chi connectivity index (χ4v) is 2.63. The smallest absolute Gasteiger partial charge is 0.163 e. The van der Waals surface area contributed by atoms with E-state index in [1.54, 1.807) is 7.11 Å². The van der Waals surface area contributed by atoms with Crippen LogP contribution in [0, 0.1) is 0 Å². The molecule has 0 radical (unpaired) electrons. The molecule has 1 saturated heterocycles. The van der Waals surface area contributed by atoms with Gasteiger partial charge in [0.25, 0.3) is 0 Å². The summed E-state index contributed by atoms with van der Waals surface area (Å²) in [5.41, 5.74) is 1.02. The minimum Gasteiger partial charge on any atom is -0.493 e. The molecule has 4 heteroatoms. The third kappa shape index (κ3) is 3.79. The first-order chi connectivity index (χ1) is 9.54. The van der Waals surface area contributed by atoms with Gasteiger partial charge in [0.15, 0.2) is 11.5 Å². The van der Waals surface area contributed by atoms with Crippen LogP contribution >= 0.6 is 0 Å². The average molecular weight is 279 g/mol. The maximum absolute atomic E-state index is 5.75. The molecular weight excluding hydrogens is 254 g/mol. The number of hydrogen-bond acceptors (Lipinski definition) is 4. The highest BCUT2D eigenvalue weighted by atomic mass is 16.5. The maximum atomic E-state index is 5.75. The molecule has 2 rings (SSSR count). The number of benzene rings is 1. The number of rotatable bonds is 5. The Labute approximate surface area is 121 Å². The van der Waals surface area contributed by atoms with Crippen molar-refractivity contribution in [3.8, 4) is 11.5 Å². The lowest BCUT2D eigenvalue weighted by atomic mass is 9.94. The van der Waals surface area contributed by atoms with E-state index in [2.05, 4.69) is 19.2 Å².